The predicted octanol–water partition coefficient (Wildman–Crippen LogP) is 2.23. The summed E-state index contributed by atoms with van der Waals surface area (Å²) in [7, 11) is 1.66. The molecule has 0 bridgehead atoms. The standard InChI is InChI=1S/C12H13NO2S/c1-15-11-4-2-3-9(5-11)6-12-13-10(7-14)8-16-12/h2-5,8,14H,6-7H2,1H3. The second kappa shape index (κ2) is 5.09. The number of aliphatic hydroxyl groups is 1. The fourth-order valence-corrected chi connectivity index (χ4v) is 2.28. The molecule has 0 spiro atoms. The van der Waals surface area contributed by atoms with Gasteiger partial charge in [-0.25, -0.2) is 4.98 Å². The van der Waals surface area contributed by atoms with Gasteiger partial charge in [0.2, 0.25) is 0 Å². The van der Waals surface area contributed by atoms with Crippen LogP contribution in [-0.4, -0.2) is 17.2 Å². The molecular weight excluding hydrogens is 222 g/mol. The lowest BCUT2D eigenvalue weighted by Gasteiger charge is -2.02. The number of hydrogen-bond acceptors (Lipinski definition) is 4. The molecule has 0 saturated heterocycles. The molecule has 0 aliphatic rings. The normalized spacial score (nSPS) is 10.4. The first kappa shape index (κ1) is 11.1. The first-order valence-electron chi connectivity index (χ1n) is 4.99. The van der Waals surface area contributed by atoms with Crippen LogP contribution in [0.15, 0.2) is 29.6 Å². The van der Waals surface area contributed by atoms with Gasteiger partial charge in [-0.05, 0) is 17.7 Å². The van der Waals surface area contributed by atoms with Crippen LogP contribution < -0.4 is 4.74 Å². The Bertz CT molecular complexity index is 468. The Morgan fingerprint density at radius 1 is 1.44 bits per heavy atom. The van der Waals surface area contributed by atoms with Gasteiger partial charge in [-0.2, -0.15) is 0 Å². The quantitative estimate of drug-likeness (QED) is 0.883. The van der Waals surface area contributed by atoms with Gasteiger partial charge in [0.05, 0.1) is 24.4 Å². The third-order valence-electron chi connectivity index (χ3n) is 2.25. The van der Waals surface area contributed by atoms with Crippen molar-refractivity contribution in [1.29, 1.82) is 0 Å². The number of aliphatic hydroxyl groups excluding tert-OH is 1. The number of benzene rings is 1. The summed E-state index contributed by atoms with van der Waals surface area (Å²) >= 11 is 1.57. The van der Waals surface area contributed by atoms with Crippen molar-refractivity contribution in [1.82, 2.24) is 4.98 Å². The van der Waals surface area contributed by atoms with E-state index >= 15 is 0 Å². The molecule has 1 N–H and O–H groups in total. The third kappa shape index (κ3) is 2.59. The van der Waals surface area contributed by atoms with E-state index in [1.165, 1.54) is 0 Å². The number of thiazole rings is 1. The minimum atomic E-state index is 0.00854. The second-order valence-corrected chi connectivity index (χ2v) is 4.36. The van der Waals surface area contributed by atoms with Crippen LogP contribution >= 0.6 is 11.3 Å². The molecule has 84 valence electrons. The molecule has 1 aromatic carbocycles. The Kier molecular flexibility index (Phi) is 3.54. The molecule has 0 aliphatic carbocycles. The van der Waals surface area contributed by atoms with E-state index in [0.717, 1.165) is 28.4 Å². The van der Waals surface area contributed by atoms with Crippen LogP contribution in [0.1, 0.15) is 16.3 Å². The van der Waals surface area contributed by atoms with Gasteiger partial charge in [-0.3, -0.25) is 0 Å². The molecule has 2 aromatic rings. The van der Waals surface area contributed by atoms with Crippen molar-refractivity contribution < 1.29 is 9.84 Å². The lowest BCUT2D eigenvalue weighted by Crippen LogP contribution is -1.90. The van der Waals surface area contributed by atoms with Gasteiger partial charge in [0.15, 0.2) is 0 Å². The lowest BCUT2D eigenvalue weighted by molar-refractivity contribution is 0.277. The zero-order chi connectivity index (χ0) is 11.4. The van der Waals surface area contributed by atoms with Crippen molar-refractivity contribution in [2.45, 2.75) is 13.0 Å². The minimum Gasteiger partial charge on any atom is -0.497 e. The number of rotatable bonds is 4. The summed E-state index contributed by atoms with van der Waals surface area (Å²) in [4.78, 5) is 4.31. The maximum atomic E-state index is 8.92. The second-order valence-electron chi connectivity index (χ2n) is 3.42. The molecule has 0 amide bonds. The Labute approximate surface area is 98.4 Å². The number of ether oxygens (including phenoxy) is 1. The van der Waals surface area contributed by atoms with E-state index in [2.05, 4.69) is 4.98 Å². The largest absolute Gasteiger partial charge is 0.497 e. The molecule has 4 heteroatoms. The van der Waals surface area contributed by atoms with Crippen molar-refractivity contribution in [3.05, 3.63) is 45.9 Å². The average Bonchev–Trinajstić information content (AvgIpc) is 2.77. The van der Waals surface area contributed by atoms with Crippen molar-refractivity contribution >= 4 is 11.3 Å². The van der Waals surface area contributed by atoms with Gasteiger partial charge in [0.25, 0.3) is 0 Å². The van der Waals surface area contributed by atoms with Crippen LogP contribution in [-0.2, 0) is 13.0 Å². The third-order valence-corrected chi connectivity index (χ3v) is 3.15. The molecule has 0 atom stereocenters. The maximum Gasteiger partial charge on any atom is 0.119 e. The van der Waals surface area contributed by atoms with Gasteiger partial charge in [0, 0.05) is 11.8 Å². The highest BCUT2D eigenvalue weighted by molar-refractivity contribution is 7.09. The minimum absolute atomic E-state index is 0.00854. The highest BCUT2D eigenvalue weighted by Gasteiger charge is 2.03. The van der Waals surface area contributed by atoms with Gasteiger partial charge in [-0.1, -0.05) is 12.1 Å². The Morgan fingerprint density at radius 3 is 3.00 bits per heavy atom. The molecule has 2 rings (SSSR count). The molecule has 1 aromatic heterocycles. The van der Waals surface area contributed by atoms with Crippen LogP contribution in [0.4, 0.5) is 0 Å². The van der Waals surface area contributed by atoms with E-state index in [1.54, 1.807) is 18.4 Å². The van der Waals surface area contributed by atoms with E-state index in [-0.39, 0.29) is 6.61 Å². The topological polar surface area (TPSA) is 42.4 Å². The molecular formula is C12H13NO2S. The monoisotopic (exact) mass is 235 g/mol. The van der Waals surface area contributed by atoms with Crippen molar-refractivity contribution in [2.24, 2.45) is 0 Å². The van der Waals surface area contributed by atoms with E-state index in [4.69, 9.17) is 9.84 Å². The SMILES string of the molecule is COc1cccc(Cc2nc(CO)cs2)c1. The van der Waals surface area contributed by atoms with Crippen LogP contribution in [0.25, 0.3) is 0 Å². The van der Waals surface area contributed by atoms with E-state index < -0.39 is 0 Å². The Hall–Kier alpha value is -1.39. The van der Waals surface area contributed by atoms with Crippen LogP contribution in [0.3, 0.4) is 0 Å². The van der Waals surface area contributed by atoms with Gasteiger partial charge >= 0.3 is 0 Å². The number of methoxy groups -OCH3 is 1. The van der Waals surface area contributed by atoms with Crippen LogP contribution in [0.5, 0.6) is 5.75 Å². The van der Waals surface area contributed by atoms with Crippen LogP contribution in [0, 0.1) is 0 Å². The summed E-state index contributed by atoms with van der Waals surface area (Å²) in [6, 6.07) is 7.93. The molecule has 0 fully saturated rings. The summed E-state index contributed by atoms with van der Waals surface area (Å²) < 4.78 is 5.16. The van der Waals surface area contributed by atoms with E-state index in [9.17, 15) is 0 Å². The Balaban J connectivity index is 2.13. The summed E-state index contributed by atoms with van der Waals surface area (Å²) in [5.74, 6) is 0.858. The summed E-state index contributed by atoms with van der Waals surface area (Å²) in [6.45, 7) is 0.00854. The van der Waals surface area contributed by atoms with Crippen molar-refractivity contribution in [3.8, 4) is 5.75 Å². The molecule has 0 radical (unpaired) electrons. The van der Waals surface area contributed by atoms with Crippen molar-refractivity contribution in [3.63, 3.8) is 0 Å². The number of aromatic nitrogens is 1. The Morgan fingerprint density at radius 2 is 2.31 bits per heavy atom. The fourth-order valence-electron chi connectivity index (χ4n) is 1.46. The highest BCUT2D eigenvalue weighted by Crippen LogP contribution is 2.18. The summed E-state index contributed by atoms with van der Waals surface area (Å²) in [5, 5.41) is 11.8. The number of hydrogen-bond donors (Lipinski definition) is 1. The average molecular weight is 235 g/mol. The first-order valence-corrected chi connectivity index (χ1v) is 5.87. The van der Waals surface area contributed by atoms with Gasteiger partial charge in [0.1, 0.15) is 5.75 Å². The maximum absolute atomic E-state index is 8.92. The molecule has 3 nitrogen and oxygen atoms in total. The van der Waals surface area contributed by atoms with E-state index in [0.29, 0.717) is 0 Å². The van der Waals surface area contributed by atoms with Gasteiger partial charge in [-0.15, -0.1) is 11.3 Å². The van der Waals surface area contributed by atoms with E-state index in [1.807, 2.05) is 29.6 Å². The first-order chi connectivity index (χ1) is 7.81. The molecule has 0 aliphatic heterocycles. The highest BCUT2D eigenvalue weighted by atomic mass is 32.1. The summed E-state index contributed by atoms with van der Waals surface area (Å²) in [6.07, 6.45) is 0.780. The molecule has 0 saturated carbocycles. The van der Waals surface area contributed by atoms with Crippen LogP contribution in [0.2, 0.25) is 0 Å². The molecule has 0 unspecified atom stereocenters. The van der Waals surface area contributed by atoms with Crippen molar-refractivity contribution in [2.75, 3.05) is 7.11 Å². The smallest absolute Gasteiger partial charge is 0.119 e. The summed E-state index contributed by atoms with van der Waals surface area (Å²) in [5.41, 5.74) is 1.90. The fraction of sp³-hybridized carbons (Fsp3) is 0.250. The molecule has 16 heavy (non-hydrogen) atoms. The molecule has 1 heterocycles. The zero-order valence-electron chi connectivity index (χ0n) is 9.01. The zero-order valence-corrected chi connectivity index (χ0v) is 9.83. The number of nitrogens with zero attached hydrogens (tertiary/aromatic N) is 1. The predicted molar refractivity (Wildman–Crippen MR) is 63.8 cm³/mol. The van der Waals surface area contributed by atoms with Gasteiger partial charge < -0.3 is 9.84 Å². The lowest BCUT2D eigenvalue weighted by atomic mass is 10.1.